The number of nitrogens with two attached hydrogens (primary N) is 1. The van der Waals surface area contributed by atoms with E-state index in [2.05, 4.69) is 16.5 Å². The van der Waals surface area contributed by atoms with Crippen molar-refractivity contribution in [1.82, 2.24) is 9.55 Å². The highest BCUT2D eigenvalue weighted by Crippen LogP contribution is 2.34. The largest absolute Gasteiger partial charge is 0.374 e. The van der Waals surface area contributed by atoms with Gasteiger partial charge in [-0.15, -0.1) is 0 Å². The summed E-state index contributed by atoms with van der Waals surface area (Å²) in [6, 6.07) is 0. The molecule has 0 saturated heterocycles. The minimum absolute atomic E-state index is 0.0490. The Labute approximate surface area is 110 Å². The van der Waals surface area contributed by atoms with Gasteiger partial charge in [-0.2, -0.15) is 0 Å². The van der Waals surface area contributed by atoms with Crippen molar-refractivity contribution in [3.05, 3.63) is 18.7 Å². The zero-order chi connectivity index (χ0) is 12.8. The lowest BCUT2D eigenvalue weighted by Crippen LogP contribution is -2.44. The molecule has 0 spiro atoms. The molecule has 18 heavy (non-hydrogen) atoms. The molecular formula is C14H25N3O. The molecule has 2 rings (SSSR count). The van der Waals surface area contributed by atoms with Crippen LogP contribution in [0.2, 0.25) is 0 Å². The molecule has 0 bridgehead atoms. The number of imidazole rings is 1. The molecule has 1 saturated carbocycles. The Balaban J connectivity index is 1.73. The normalized spacial score (nSPS) is 28.4. The maximum absolute atomic E-state index is 6.13. The van der Waals surface area contributed by atoms with Crippen molar-refractivity contribution in [2.24, 2.45) is 11.7 Å². The van der Waals surface area contributed by atoms with Crippen molar-refractivity contribution in [3.63, 3.8) is 0 Å². The number of hydrogen-bond acceptors (Lipinski definition) is 3. The molecule has 0 aromatic carbocycles. The summed E-state index contributed by atoms with van der Waals surface area (Å²) in [7, 11) is 0. The predicted octanol–water partition coefficient (Wildman–Crippen LogP) is 2.20. The number of ether oxygens (including phenoxy) is 1. The van der Waals surface area contributed by atoms with Gasteiger partial charge in [0, 0.05) is 32.1 Å². The molecule has 102 valence electrons. The maximum Gasteiger partial charge on any atom is 0.0945 e. The van der Waals surface area contributed by atoms with Crippen LogP contribution in [0, 0.1) is 5.92 Å². The molecule has 4 nitrogen and oxygen atoms in total. The predicted molar refractivity (Wildman–Crippen MR) is 72.2 cm³/mol. The van der Waals surface area contributed by atoms with E-state index in [9.17, 15) is 0 Å². The molecule has 1 aromatic heterocycles. The van der Waals surface area contributed by atoms with Gasteiger partial charge < -0.3 is 15.0 Å². The van der Waals surface area contributed by atoms with Gasteiger partial charge in [-0.25, -0.2) is 4.98 Å². The summed E-state index contributed by atoms with van der Waals surface area (Å²) in [4.78, 5) is 4.03. The van der Waals surface area contributed by atoms with Crippen molar-refractivity contribution in [2.75, 3.05) is 13.2 Å². The van der Waals surface area contributed by atoms with E-state index in [0.717, 1.165) is 38.3 Å². The highest BCUT2D eigenvalue weighted by Gasteiger charge is 2.34. The summed E-state index contributed by atoms with van der Waals surface area (Å²) in [6.45, 7) is 4.72. The number of aromatic nitrogens is 2. The van der Waals surface area contributed by atoms with Gasteiger partial charge in [-0.05, 0) is 25.2 Å². The fourth-order valence-corrected chi connectivity index (χ4v) is 2.94. The Morgan fingerprint density at radius 3 is 3.11 bits per heavy atom. The van der Waals surface area contributed by atoms with E-state index < -0.39 is 0 Å². The smallest absolute Gasteiger partial charge is 0.0945 e. The van der Waals surface area contributed by atoms with E-state index in [1.165, 1.54) is 12.8 Å². The van der Waals surface area contributed by atoms with Gasteiger partial charge in [0.25, 0.3) is 0 Å². The van der Waals surface area contributed by atoms with E-state index >= 15 is 0 Å². The third kappa shape index (κ3) is 3.56. The Morgan fingerprint density at radius 2 is 2.44 bits per heavy atom. The van der Waals surface area contributed by atoms with Crippen LogP contribution in [0.5, 0.6) is 0 Å². The Hall–Kier alpha value is -0.870. The number of nitrogens with zero attached hydrogens (tertiary/aromatic N) is 2. The molecule has 1 fully saturated rings. The van der Waals surface area contributed by atoms with Crippen LogP contribution in [0.4, 0.5) is 0 Å². The molecule has 4 heteroatoms. The zero-order valence-corrected chi connectivity index (χ0v) is 11.3. The van der Waals surface area contributed by atoms with Gasteiger partial charge >= 0.3 is 0 Å². The standard InChI is InChI=1S/C14H25N3O/c1-13-4-2-5-14(10-13,11-15)18-9-3-7-17-8-6-16-12-17/h6,8,12-13H,2-5,7,9-11,15H2,1H3. The summed E-state index contributed by atoms with van der Waals surface area (Å²) in [5, 5.41) is 0. The van der Waals surface area contributed by atoms with E-state index in [1.54, 1.807) is 0 Å². The summed E-state index contributed by atoms with van der Waals surface area (Å²) >= 11 is 0. The number of rotatable bonds is 6. The van der Waals surface area contributed by atoms with E-state index in [0.29, 0.717) is 6.54 Å². The molecule has 1 aromatic rings. The van der Waals surface area contributed by atoms with Gasteiger partial charge in [-0.3, -0.25) is 0 Å². The molecule has 0 amide bonds. The third-order valence-corrected chi connectivity index (χ3v) is 3.95. The summed E-state index contributed by atoms with van der Waals surface area (Å²) in [5.41, 5.74) is 5.89. The van der Waals surface area contributed by atoms with E-state index in [1.807, 2.05) is 18.7 Å². The Bertz CT molecular complexity index is 339. The maximum atomic E-state index is 6.13. The van der Waals surface area contributed by atoms with Crippen LogP contribution in [0.1, 0.15) is 39.0 Å². The fourth-order valence-electron chi connectivity index (χ4n) is 2.94. The van der Waals surface area contributed by atoms with Crippen molar-refractivity contribution < 1.29 is 4.74 Å². The van der Waals surface area contributed by atoms with Gasteiger partial charge in [0.05, 0.1) is 11.9 Å². The lowest BCUT2D eigenvalue weighted by molar-refractivity contribution is -0.0756. The second kappa shape index (κ2) is 6.34. The first-order chi connectivity index (χ1) is 8.74. The molecule has 2 atom stereocenters. The fraction of sp³-hybridized carbons (Fsp3) is 0.786. The molecule has 2 unspecified atom stereocenters. The van der Waals surface area contributed by atoms with Crippen molar-refractivity contribution >= 4 is 0 Å². The highest BCUT2D eigenvalue weighted by atomic mass is 16.5. The highest BCUT2D eigenvalue weighted by molar-refractivity contribution is 4.88. The van der Waals surface area contributed by atoms with Crippen LogP contribution in [0.3, 0.4) is 0 Å². The Kier molecular flexibility index (Phi) is 4.78. The van der Waals surface area contributed by atoms with Gasteiger partial charge in [-0.1, -0.05) is 19.8 Å². The number of aryl methyl sites for hydroxylation is 1. The summed E-state index contributed by atoms with van der Waals surface area (Å²) in [6.07, 6.45) is 11.5. The molecular weight excluding hydrogens is 226 g/mol. The Morgan fingerprint density at radius 1 is 1.56 bits per heavy atom. The van der Waals surface area contributed by atoms with Crippen molar-refractivity contribution in [1.29, 1.82) is 0 Å². The van der Waals surface area contributed by atoms with Crippen LogP contribution in [-0.2, 0) is 11.3 Å². The summed E-state index contributed by atoms with van der Waals surface area (Å²) < 4.78 is 8.21. The second-order valence-corrected chi connectivity index (χ2v) is 5.59. The second-order valence-electron chi connectivity index (χ2n) is 5.59. The van der Waals surface area contributed by atoms with E-state index in [4.69, 9.17) is 10.5 Å². The lowest BCUT2D eigenvalue weighted by atomic mass is 9.79. The monoisotopic (exact) mass is 251 g/mol. The molecule has 1 aliphatic rings. The zero-order valence-electron chi connectivity index (χ0n) is 11.3. The van der Waals surface area contributed by atoms with E-state index in [-0.39, 0.29) is 5.60 Å². The van der Waals surface area contributed by atoms with Gasteiger partial charge in [0.1, 0.15) is 0 Å². The third-order valence-electron chi connectivity index (χ3n) is 3.95. The van der Waals surface area contributed by atoms with Crippen molar-refractivity contribution in [3.8, 4) is 0 Å². The first-order valence-electron chi connectivity index (χ1n) is 7.04. The van der Waals surface area contributed by atoms with Gasteiger partial charge in [0.2, 0.25) is 0 Å². The first-order valence-corrected chi connectivity index (χ1v) is 7.04. The van der Waals surface area contributed by atoms with Crippen molar-refractivity contribution in [2.45, 2.75) is 51.2 Å². The van der Waals surface area contributed by atoms with Crippen LogP contribution >= 0.6 is 0 Å². The van der Waals surface area contributed by atoms with Crippen LogP contribution in [0.15, 0.2) is 18.7 Å². The number of hydrogen-bond donors (Lipinski definition) is 1. The molecule has 0 radical (unpaired) electrons. The van der Waals surface area contributed by atoms with Gasteiger partial charge in [0.15, 0.2) is 0 Å². The topological polar surface area (TPSA) is 53.1 Å². The van der Waals surface area contributed by atoms with Crippen LogP contribution in [-0.4, -0.2) is 28.3 Å². The van der Waals surface area contributed by atoms with Crippen LogP contribution in [0.25, 0.3) is 0 Å². The molecule has 1 heterocycles. The molecule has 2 N–H and O–H groups in total. The quantitative estimate of drug-likeness (QED) is 0.789. The minimum Gasteiger partial charge on any atom is -0.374 e. The lowest BCUT2D eigenvalue weighted by Gasteiger charge is -2.39. The first kappa shape index (κ1) is 13.6. The van der Waals surface area contributed by atoms with Crippen LogP contribution < -0.4 is 5.73 Å². The minimum atomic E-state index is -0.0490. The molecule has 0 aliphatic heterocycles. The summed E-state index contributed by atoms with van der Waals surface area (Å²) in [5.74, 6) is 0.746. The SMILES string of the molecule is CC1CCCC(CN)(OCCCn2ccnc2)C1. The average Bonchev–Trinajstić information content (AvgIpc) is 2.88. The average molecular weight is 251 g/mol. The molecule has 1 aliphatic carbocycles.